The van der Waals surface area contributed by atoms with Crippen LogP contribution in [0.2, 0.25) is 0 Å². The Bertz CT molecular complexity index is 913. The van der Waals surface area contributed by atoms with E-state index in [0.29, 0.717) is 12.2 Å². The summed E-state index contributed by atoms with van der Waals surface area (Å²) in [4.78, 5) is 15.6. The number of fused-ring (bicyclic) bond motifs is 1. The van der Waals surface area contributed by atoms with Crippen LogP contribution in [0, 0.1) is 0 Å². The van der Waals surface area contributed by atoms with Crippen molar-refractivity contribution in [1.82, 2.24) is 4.98 Å². The summed E-state index contributed by atoms with van der Waals surface area (Å²) in [5, 5.41) is 19.8. The fourth-order valence-corrected chi connectivity index (χ4v) is 3.50. The van der Waals surface area contributed by atoms with Gasteiger partial charge < -0.3 is 14.9 Å². The van der Waals surface area contributed by atoms with Gasteiger partial charge in [0, 0.05) is 6.42 Å². The van der Waals surface area contributed by atoms with Gasteiger partial charge in [0.25, 0.3) is 0 Å². The molecule has 0 aliphatic carbocycles. The number of nitrogens with zero attached hydrogens (tertiary/aromatic N) is 1. The lowest BCUT2D eigenvalue weighted by molar-refractivity contribution is -0.136. The first kappa shape index (κ1) is 17.0. The number of phenols is 1. The van der Waals surface area contributed by atoms with Crippen molar-refractivity contribution >= 4 is 39.2 Å². The van der Waals surface area contributed by atoms with Gasteiger partial charge in [-0.05, 0) is 47.9 Å². The van der Waals surface area contributed by atoms with E-state index in [-0.39, 0.29) is 12.2 Å². The van der Waals surface area contributed by atoms with Gasteiger partial charge in [0.15, 0.2) is 11.5 Å². The predicted octanol–water partition coefficient (Wildman–Crippen LogP) is 4.42. The van der Waals surface area contributed by atoms with Crippen molar-refractivity contribution in [1.29, 1.82) is 0 Å². The molecule has 0 bridgehead atoms. The Hall–Kier alpha value is -2.86. The van der Waals surface area contributed by atoms with Crippen molar-refractivity contribution in [2.24, 2.45) is 0 Å². The summed E-state index contributed by atoms with van der Waals surface area (Å²) < 4.78 is 6.10. The number of aliphatic carboxylic acids is 1. The Kier molecular flexibility index (Phi) is 5.00. The number of rotatable bonds is 6. The molecular weight excluding hydrogens is 338 g/mol. The zero-order valence-corrected chi connectivity index (χ0v) is 14.4. The number of aromatic nitrogens is 1. The maximum atomic E-state index is 11.0. The van der Waals surface area contributed by atoms with Crippen molar-refractivity contribution in [3.63, 3.8) is 0 Å². The molecule has 5 nitrogen and oxygen atoms in total. The Labute approximate surface area is 148 Å². The van der Waals surface area contributed by atoms with E-state index in [4.69, 9.17) is 9.84 Å². The minimum absolute atomic E-state index is 0.0178. The summed E-state index contributed by atoms with van der Waals surface area (Å²) in [6, 6.07) is 12.9. The molecule has 3 rings (SSSR count). The third-order valence-corrected chi connectivity index (χ3v) is 4.83. The monoisotopic (exact) mass is 355 g/mol. The van der Waals surface area contributed by atoms with E-state index < -0.39 is 5.97 Å². The van der Waals surface area contributed by atoms with Gasteiger partial charge in [-0.2, -0.15) is 0 Å². The van der Waals surface area contributed by atoms with Crippen LogP contribution in [0.25, 0.3) is 21.9 Å². The molecule has 0 saturated heterocycles. The molecule has 0 amide bonds. The van der Waals surface area contributed by atoms with E-state index in [1.165, 1.54) is 18.4 Å². The van der Waals surface area contributed by atoms with Crippen molar-refractivity contribution in [3.05, 3.63) is 53.0 Å². The number of carbonyl (C=O) groups is 1. The number of hydrogen-bond donors (Lipinski definition) is 2. The molecule has 3 aromatic rings. The maximum absolute atomic E-state index is 11.0. The number of phenolic OH excluding ortho intramolecular Hbond substituents is 1. The van der Waals surface area contributed by atoms with Crippen molar-refractivity contribution in [2.45, 2.75) is 12.8 Å². The van der Waals surface area contributed by atoms with E-state index in [2.05, 4.69) is 4.98 Å². The first-order valence-electron chi connectivity index (χ1n) is 7.72. The largest absolute Gasteiger partial charge is 0.504 e. The van der Waals surface area contributed by atoms with Crippen molar-refractivity contribution < 1.29 is 19.7 Å². The zero-order chi connectivity index (χ0) is 17.8. The second kappa shape index (κ2) is 7.36. The van der Waals surface area contributed by atoms with Crippen molar-refractivity contribution in [3.8, 4) is 11.5 Å². The van der Waals surface area contributed by atoms with Crippen molar-refractivity contribution in [2.75, 3.05) is 7.11 Å². The lowest BCUT2D eigenvalue weighted by atomic mass is 10.1. The van der Waals surface area contributed by atoms with Crippen LogP contribution in [0.5, 0.6) is 11.5 Å². The first-order chi connectivity index (χ1) is 12.1. The van der Waals surface area contributed by atoms with Crippen LogP contribution in [-0.2, 0) is 4.79 Å². The molecule has 0 saturated carbocycles. The maximum Gasteiger partial charge on any atom is 0.303 e. The normalized spacial score (nSPS) is 11.6. The second-order valence-corrected chi connectivity index (χ2v) is 6.51. The molecule has 0 radical (unpaired) electrons. The SMILES string of the molecule is COc1ccc(/C=C(\CCC(=O)O)c2nc3ccccc3s2)cc1O. The summed E-state index contributed by atoms with van der Waals surface area (Å²) in [5.74, 6) is -0.424. The minimum Gasteiger partial charge on any atom is -0.504 e. The average Bonchev–Trinajstić information content (AvgIpc) is 3.02. The molecule has 1 aromatic heterocycles. The van der Waals surface area contributed by atoms with E-state index in [1.54, 1.807) is 12.1 Å². The van der Waals surface area contributed by atoms with Crippen LogP contribution in [0.4, 0.5) is 0 Å². The van der Waals surface area contributed by atoms with E-state index in [0.717, 1.165) is 26.4 Å². The molecular formula is C19H17NO4S. The minimum atomic E-state index is -0.857. The number of methoxy groups -OCH3 is 1. The molecule has 0 aliphatic rings. The quantitative estimate of drug-likeness (QED) is 0.684. The Morgan fingerprint density at radius 2 is 2.04 bits per heavy atom. The number of ether oxygens (including phenoxy) is 1. The molecule has 2 N–H and O–H groups in total. The molecule has 0 spiro atoms. The lowest BCUT2D eigenvalue weighted by Crippen LogP contribution is -1.95. The molecule has 0 fully saturated rings. The molecule has 2 aromatic carbocycles. The molecule has 1 heterocycles. The van der Waals surface area contributed by atoms with Crippen LogP contribution in [-0.4, -0.2) is 28.3 Å². The third kappa shape index (κ3) is 3.97. The highest BCUT2D eigenvalue weighted by atomic mass is 32.1. The molecule has 128 valence electrons. The fraction of sp³-hybridized carbons (Fsp3) is 0.158. The fourth-order valence-electron chi connectivity index (χ4n) is 2.49. The molecule has 0 aliphatic heterocycles. The van der Waals surface area contributed by atoms with Crippen LogP contribution < -0.4 is 4.74 Å². The number of benzene rings is 2. The summed E-state index contributed by atoms with van der Waals surface area (Å²) in [7, 11) is 1.49. The van der Waals surface area contributed by atoms with Crippen LogP contribution in [0.3, 0.4) is 0 Å². The molecule has 0 atom stereocenters. The van der Waals surface area contributed by atoms with Gasteiger partial charge in [-0.3, -0.25) is 4.79 Å². The Morgan fingerprint density at radius 1 is 1.24 bits per heavy atom. The number of hydrogen-bond acceptors (Lipinski definition) is 5. The van der Waals surface area contributed by atoms with Gasteiger partial charge in [-0.1, -0.05) is 18.2 Å². The standard InChI is InChI=1S/C19H17NO4S/c1-24-16-8-6-12(11-15(16)21)10-13(7-9-18(22)23)19-20-14-4-2-3-5-17(14)25-19/h2-6,8,10-11,21H,7,9H2,1H3,(H,22,23)/b13-10+. The van der Waals surface area contributed by atoms with Gasteiger partial charge in [0.2, 0.25) is 0 Å². The van der Waals surface area contributed by atoms with Crippen LogP contribution in [0.1, 0.15) is 23.4 Å². The molecule has 6 heteroatoms. The molecule has 25 heavy (non-hydrogen) atoms. The number of aromatic hydroxyl groups is 1. The smallest absolute Gasteiger partial charge is 0.303 e. The lowest BCUT2D eigenvalue weighted by Gasteiger charge is -2.06. The van der Waals surface area contributed by atoms with E-state index in [9.17, 15) is 9.90 Å². The van der Waals surface area contributed by atoms with Gasteiger partial charge in [-0.25, -0.2) is 4.98 Å². The number of carboxylic acids is 1. The summed E-state index contributed by atoms with van der Waals surface area (Å²) in [6.07, 6.45) is 2.24. The highest BCUT2D eigenvalue weighted by molar-refractivity contribution is 7.19. The van der Waals surface area contributed by atoms with Crippen LogP contribution >= 0.6 is 11.3 Å². The van der Waals surface area contributed by atoms with E-state index >= 15 is 0 Å². The van der Waals surface area contributed by atoms with Gasteiger partial charge >= 0.3 is 5.97 Å². The summed E-state index contributed by atoms with van der Waals surface area (Å²) in [5.41, 5.74) is 2.48. The summed E-state index contributed by atoms with van der Waals surface area (Å²) in [6.45, 7) is 0. The second-order valence-electron chi connectivity index (χ2n) is 5.48. The third-order valence-electron chi connectivity index (χ3n) is 3.72. The van der Waals surface area contributed by atoms with Crippen LogP contribution in [0.15, 0.2) is 42.5 Å². The van der Waals surface area contributed by atoms with Gasteiger partial charge in [0.05, 0.1) is 17.3 Å². The Balaban J connectivity index is 2.01. The van der Waals surface area contributed by atoms with E-state index in [1.807, 2.05) is 36.4 Å². The number of carboxylic acid groups (broad SMARTS) is 1. The number of para-hydroxylation sites is 1. The van der Waals surface area contributed by atoms with Gasteiger partial charge in [0.1, 0.15) is 5.01 Å². The first-order valence-corrected chi connectivity index (χ1v) is 8.54. The highest BCUT2D eigenvalue weighted by Gasteiger charge is 2.11. The Morgan fingerprint density at radius 3 is 2.72 bits per heavy atom. The average molecular weight is 355 g/mol. The zero-order valence-electron chi connectivity index (χ0n) is 13.6. The topological polar surface area (TPSA) is 79.7 Å². The molecule has 0 unspecified atom stereocenters. The number of thiazole rings is 1. The number of allylic oxidation sites excluding steroid dienone is 1. The highest BCUT2D eigenvalue weighted by Crippen LogP contribution is 2.33. The summed E-state index contributed by atoms with van der Waals surface area (Å²) >= 11 is 1.53. The van der Waals surface area contributed by atoms with Gasteiger partial charge in [-0.15, -0.1) is 11.3 Å². The predicted molar refractivity (Wildman–Crippen MR) is 99.0 cm³/mol.